The molecule has 2 aromatic rings. The lowest BCUT2D eigenvalue weighted by Gasteiger charge is -2.19. The second-order valence-corrected chi connectivity index (χ2v) is 4.68. The number of benzene rings is 1. The lowest BCUT2D eigenvalue weighted by Crippen LogP contribution is -2.25. The third kappa shape index (κ3) is 2.51. The van der Waals surface area contributed by atoms with Crippen molar-refractivity contribution >= 4 is 23.2 Å². The fourth-order valence-electron chi connectivity index (χ4n) is 1.88. The normalized spacial score (nSPS) is 12.7. The van der Waals surface area contributed by atoms with Gasteiger partial charge in [-0.3, -0.25) is 4.68 Å². The number of hydrogen-bond donors (Lipinski definition) is 1. The summed E-state index contributed by atoms with van der Waals surface area (Å²) in [5.41, 5.74) is 0.832. The zero-order chi connectivity index (χ0) is 13.1. The van der Waals surface area contributed by atoms with E-state index in [0.29, 0.717) is 10.0 Å². The van der Waals surface area contributed by atoms with Crippen LogP contribution in [0.3, 0.4) is 0 Å². The van der Waals surface area contributed by atoms with Crippen molar-refractivity contribution in [3.63, 3.8) is 0 Å². The first-order valence-corrected chi connectivity index (χ1v) is 6.42. The number of nitrogens with zero attached hydrogens (tertiary/aromatic N) is 3. The van der Waals surface area contributed by atoms with Gasteiger partial charge in [0.25, 0.3) is 0 Å². The lowest BCUT2D eigenvalue weighted by atomic mass is 10.1. The van der Waals surface area contributed by atoms with Gasteiger partial charge in [0.05, 0.1) is 6.04 Å². The van der Waals surface area contributed by atoms with Gasteiger partial charge in [-0.1, -0.05) is 36.2 Å². The summed E-state index contributed by atoms with van der Waals surface area (Å²) in [7, 11) is 1.84. The van der Waals surface area contributed by atoms with Crippen LogP contribution < -0.4 is 5.32 Å². The van der Waals surface area contributed by atoms with Crippen LogP contribution in [0.2, 0.25) is 10.0 Å². The zero-order valence-corrected chi connectivity index (χ0v) is 11.7. The minimum absolute atomic E-state index is 0.163. The number of hydrogen-bond acceptors (Lipinski definition) is 3. The van der Waals surface area contributed by atoms with Gasteiger partial charge in [0.15, 0.2) is 0 Å². The van der Waals surface area contributed by atoms with E-state index >= 15 is 0 Å². The maximum absolute atomic E-state index is 6.25. The predicted octanol–water partition coefficient (Wildman–Crippen LogP) is 2.82. The number of rotatable bonds is 4. The van der Waals surface area contributed by atoms with Crippen LogP contribution >= 0.6 is 23.2 Å². The highest BCUT2D eigenvalue weighted by Crippen LogP contribution is 2.32. The van der Waals surface area contributed by atoms with Gasteiger partial charge < -0.3 is 5.32 Å². The molecule has 0 aliphatic rings. The van der Waals surface area contributed by atoms with Crippen molar-refractivity contribution in [2.75, 3.05) is 6.54 Å². The zero-order valence-electron chi connectivity index (χ0n) is 10.2. The van der Waals surface area contributed by atoms with Crippen LogP contribution in [0.15, 0.2) is 24.5 Å². The Balaban J connectivity index is 2.52. The maximum Gasteiger partial charge on any atom is 0.148 e. The number of aryl methyl sites for hydroxylation is 1. The van der Waals surface area contributed by atoms with Gasteiger partial charge in [0.2, 0.25) is 0 Å². The summed E-state index contributed by atoms with van der Waals surface area (Å²) in [4.78, 5) is 4.27. The standard InChI is InChI=1S/C12H14Cl2N4/c1-3-15-11(12-16-7-17-18(12)2)10-8(13)5-4-6-9(10)14/h4-7,11,15H,3H2,1-2H3. The summed E-state index contributed by atoms with van der Waals surface area (Å²) < 4.78 is 1.72. The maximum atomic E-state index is 6.25. The fourth-order valence-corrected chi connectivity index (χ4v) is 2.50. The monoisotopic (exact) mass is 284 g/mol. The minimum Gasteiger partial charge on any atom is -0.304 e. The van der Waals surface area contributed by atoms with E-state index in [9.17, 15) is 0 Å². The fraction of sp³-hybridized carbons (Fsp3) is 0.333. The topological polar surface area (TPSA) is 42.7 Å². The largest absolute Gasteiger partial charge is 0.304 e. The molecule has 0 aliphatic heterocycles. The van der Waals surface area contributed by atoms with E-state index in [2.05, 4.69) is 15.4 Å². The van der Waals surface area contributed by atoms with Crippen LogP contribution in [0.1, 0.15) is 24.4 Å². The van der Waals surface area contributed by atoms with E-state index in [0.717, 1.165) is 17.9 Å². The van der Waals surface area contributed by atoms with E-state index in [1.807, 2.05) is 32.2 Å². The Morgan fingerprint density at radius 1 is 1.33 bits per heavy atom. The van der Waals surface area contributed by atoms with Crippen LogP contribution in [0, 0.1) is 0 Å². The third-order valence-electron chi connectivity index (χ3n) is 2.70. The molecular formula is C12H14Cl2N4. The molecular weight excluding hydrogens is 271 g/mol. The molecule has 0 radical (unpaired) electrons. The average molecular weight is 285 g/mol. The Bertz CT molecular complexity index is 518. The van der Waals surface area contributed by atoms with Crippen LogP contribution in [0.4, 0.5) is 0 Å². The molecule has 2 rings (SSSR count). The molecule has 1 aromatic heterocycles. The molecule has 6 heteroatoms. The van der Waals surface area contributed by atoms with E-state index < -0.39 is 0 Å². The van der Waals surface area contributed by atoms with Crippen LogP contribution in [-0.2, 0) is 7.05 Å². The first-order valence-electron chi connectivity index (χ1n) is 5.66. The molecule has 0 spiro atoms. The first kappa shape index (κ1) is 13.3. The lowest BCUT2D eigenvalue weighted by molar-refractivity contribution is 0.560. The summed E-state index contributed by atoms with van der Waals surface area (Å²) in [5.74, 6) is 0.784. The first-order chi connectivity index (χ1) is 8.65. The molecule has 0 bridgehead atoms. The Kier molecular flexibility index (Phi) is 4.22. The smallest absolute Gasteiger partial charge is 0.148 e. The van der Waals surface area contributed by atoms with E-state index in [1.165, 1.54) is 6.33 Å². The summed E-state index contributed by atoms with van der Waals surface area (Å²) in [6, 6.07) is 5.31. The van der Waals surface area contributed by atoms with Gasteiger partial charge in [0, 0.05) is 22.7 Å². The molecule has 0 saturated heterocycles. The van der Waals surface area contributed by atoms with Crippen molar-refractivity contribution < 1.29 is 0 Å². The second kappa shape index (κ2) is 5.69. The molecule has 18 heavy (non-hydrogen) atoms. The highest BCUT2D eigenvalue weighted by atomic mass is 35.5. The van der Waals surface area contributed by atoms with Crippen molar-refractivity contribution in [3.8, 4) is 0 Å². The Morgan fingerprint density at radius 3 is 2.50 bits per heavy atom. The number of nitrogens with one attached hydrogen (secondary N) is 1. The van der Waals surface area contributed by atoms with E-state index in [1.54, 1.807) is 4.68 Å². The summed E-state index contributed by atoms with van der Waals surface area (Å²) in [5, 5.41) is 8.66. The highest BCUT2D eigenvalue weighted by molar-refractivity contribution is 6.36. The van der Waals surface area contributed by atoms with Gasteiger partial charge in [-0.15, -0.1) is 0 Å². The number of aromatic nitrogens is 3. The Labute approximate surface area is 116 Å². The van der Waals surface area contributed by atoms with Crippen molar-refractivity contribution in [1.82, 2.24) is 20.1 Å². The second-order valence-electron chi connectivity index (χ2n) is 3.87. The summed E-state index contributed by atoms with van der Waals surface area (Å²) in [6.45, 7) is 2.80. The van der Waals surface area contributed by atoms with Crippen molar-refractivity contribution in [3.05, 3.63) is 46.0 Å². The van der Waals surface area contributed by atoms with E-state index in [4.69, 9.17) is 23.2 Å². The van der Waals surface area contributed by atoms with Crippen molar-refractivity contribution in [2.24, 2.45) is 7.05 Å². The van der Waals surface area contributed by atoms with E-state index in [-0.39, 0.29) is 6.04 Å². The molecule has 96 valence electrons. The van der Waals surface area contributed by atoms with Crippen LogP contribution in [0.5, 0.6) is 0 Å². The Hall–Kier alpha value is -1.10. The molecule has 0 amide bonds. The molecule has 1 N–H and O–H groups in total. The van der Waals surface area contributed by atoms with Crippen molar-refractivity contribution in [1.29, 1.82) is 0 Å². The van der Waals surface area contributed by atoms with Crippen molar-refractivity contribution in [2.45, 2.75) is 13.0 Å². The minimum atomic E-state index is -0.163. The molecule has 4 nitrogen and oxygen atoms in total. The highest BCUT2D eigenvalue weighted by Gasteiger charge is 2.22. The summed E-state index contributed by atoms with van der Waals surface area (Å²) >= 11 is 12.5. The molecule has 0 saturated carbocycles. The average Bonchev–Trinajstić information content (AvgIpc) is 2.74. The summed E-state index contributed by atoms with van der Waals surface area (Å²) in [6.07, 6.45) is 1.52. The van der Waals surface area contributed by atoms with Gasteiger partial charge in [0.1, 0.15) is 12.2 Å². The Morgan fingerprint density at radius 2 is 2.00 bits per heavy atom. The molecule has 1 unspecified atom stereocenters. The van der Waals surface area contributed by atoms with Crippen LogP contribution in [0.25, 0.3) is 0 Å². The predicted molar refractivity (Wildman–Crippen MR) is 73.0 cm³/mol. The van der Waals surface area contributed by atoms with Gasteiger partial charge in [-0.05, 0) is 18.7 Å². The van der Waals surface area contributed by atoms with Gasteiger partial charge >= 0.3 is 0 Å². The quantitative estimate of drug-likeness (QED) is 0.939. The number of halogens is 2. The molecule has 0 aliphatic carbocycles. The van der Waals surface area contributed by atoms with Crippen LogP contribution in [-0.4, -0.2) is 21.3 Å². The molecule has 1 heterocycles. The molecule has 1 aromatic carbocycles. The molecule has 0 fully saturated rings. The van der Waals surface area contributed by atoms with Gasteiger partial charge in [-0.2, -0.15) is 5.10 Å². The third-order valence-corrected chi connectivity index (χ3v) is 3.36. The molecule has 1 atom stereocenters. The van der Waals surface area contributed by atoms with Gasteiger partial charge in [-0.25, -0.2) is 4.98 Å². The SMILES string of the molecule is CCNC(c1c(Cl)cccc1Cl)c1ncnn1C.